The molecule has 1 amide bonds. The third kappa shape index (κ3) is 8.16. The lowest BCUT2D eigenvalue weighted by Crippen LogP contribution is -2.27. The number of nitrogens with two attached hydrogens (primary N) is 1. The first kappa shape index (κ1) is 24.5. The molecule has 0 spiro atoms. The average Bonchev–Trinajstić information content (AvgIpc) is 3.26. The number of thiophene rings is 1. The largest absolute Gasteiger partial charge is 0.351 e. The van der Waals surface area contributed by atoms with Crippen molar-refractivity contribution in [1.29, 1.82) is 0 Å². The van der Waals surface area contributed by atoms with E-state index < -0.39 is 9.84 Å². The van der Waals surface area contributed by atoms with Gasteiger partial charge >= 0.3 is 0 Å². The Morgan fingerprint density at radius 3 is 2.17 bits per heavy atom. The van der Waals surface area contributed by atoms with Crippen LogP contribution in [0.3, 0.4) is 0 Å². The third-order valence-corrected chi connectivity index (χ3v) is 7.32. The fourth-order valence-corrected chi connectivity index (χ4v) is 5.27. The highest BCUT2D eigenvalue weighted by Crippen LogP contribution is 2.25. The molecule has 7 nitrogen and oxygen atoms in total. The summed E-state index contributed by atoms with van der Waals surface area (Å²) in [6.07, 6.45) is 4.07. The molecule has 0 fully saturated rings. The zero-order chi connectivity index (χ0) is 21.7. The lowest BCUT2D eigenvalue weighted by molar-refractivity contribution is 0.0957. The Morgan fingerprint density at radius 1 is 0.867 bits per heavy atom. The fraction of sp³-hybridized carbons (Fsp3) is 0.476. The van der Waals surface area contributed by atoms with Gasteiger partial charge in [0.25, 0.3) is 5.91 Å². The van der Waals surface area contributed by atoms with Crippen LogP contribution in [0.15, 0.2) is 51.6 Å². The van der Waals surface area contributed by atoms with E-state index in [0.717, 1.165) is 69.7 Å². The van der Waals surface area contributed by atoms with E-state index in [2.05, 4.69) is 16.0 Å². The predicted molar refractivity (Wildman–Crippen MR) is 122 cm³/mol. The Hall–Kier alpha value is -1.78. The number of benzene rings is 1. The summed E-state index contributed by atoms with van der Waals surface area (Å²) < 4.78 is 25.2. The summed E-state index contributed by atoms with van der Waals surface area (Å²) in [5.41, 5.74) is 5.44. The van der Waals surface area contributed by atoms with Crippen molar-refractivity contribution in [3.63, 3.8) is 0 Å². The SMILES string of the molecule is NCCCNCCCCNCCCNC(=O)c1cc(S(=O)(=O)c2ccccc2)cs1. The Bertz CT molecular complexity index is 854. The third-order valence-electron chi connectivity index (χ3n) is 4.49. The first-order valence-electron chi connectivity index (χ1n) is 10.3. The highest BCUT2D eigenvalue weighted by Gasteiger charge is 2.20. The number of hydrogen-bond donors (Lipinski definition) is 4. The highest BCUT2D eigenvalue weighted by molar-refractivity contribution is 7.91. The van der Waals surface area contributed by atoms with Gasteiger partial charge in [0.05, 0.1) is 14.7 Å². The van der Waals surface area contributed by atoms with Crippen molar-refractivity contribution < 1.29 is 13.2 Å². The van der Waals surface area contributed by atoms with E-state index in [1.165, 1.54) is 11.4 Å². The summed E-state index contributed by atoms with van der Waals surface area (Å²) in [7, 11) is -3.59. The smallest absolute Gasteiger partial charge is 0.261 e. The van der Waals surface area contributed by atoms with E-state index in [4.69, 9.17) is 5.73 Å². The molecule has 2 aromatic rings. The molecule has 0 unspecified atom stereocenters. The van der Waals surface area contributed by atoms with E-state index >= 15 is 0 Å². The molecule has 9 heteroatoms. The molecular weight excluding hydrogens is 420 g/mol. The van der Waals surface area contributed by atoms with Crippen LogP contribution in [0.25, 0.3) is 0 Å². The maximum absolute atomic E-state index is 12.6. The number of carbonyl (C=O) groups is 1. The predicted octanol–water partition coefficient (Wildman–Crippen LogP) is 2.01. The highest BCUT2D eigenvalue weighted by atomic mass is 32.2. The van der Waals surface area contributed by atoms with Gasteiger partial charge in [-0.2, -0.15) is 0 Å². The molecule has 2 rings (SSSR count). The van der Waals surface area contributed by atoms with Gasteiger partial charge in [0.15, 0.2) is 0 Å². The Morgan fingerprint density at radius 2 is 1.50 bits per heavy atom. The zero-order valence-corrected chi connectivity index (χ0v) is 18.9. The maximum atomic E-state index is 12.6. The van der Waals surface area contributed by atoms with E-state index in [0.29, 0.717) is 11.4 Å². The van der Waals surface area contributed by atoms with Crippen LogP contribution in [-0.4, -0.2) is 53.6 Å². The van der Waals surface area contributed by atoms with Gasteiger partial charge < -0.3 is 21.7 Å². The molecule has 0 aliphatic heterocycles. The zero-order valence-electron chi connectivity index (χ0n) is 17.2. The van der Waals surface area contributed by atoms with Crippen molar-refractivity contribution >= 4 is 27.1 Å². The van der Waals surface area contributed by atoms with Gasteiger partial charge in [-0.05, 0) is 76.6 Å². The van der Waals surface area contributed by atoms with Gasteiger partial charge in [0.1, 0.15) is 0 Å². The fourth-order valence-electron chi connectivity index (χ4n) is 2.79. The van der Waals surface area contributed by atoms with Crippen molar-refractivity contribution in [3.05, 3.63) is 46.7 Å². The summed E-state index contributed by atoms with van der Waals surface area (Å²) in [4.78, 5) is 13.1. The maximum Gasteiger partial charge on any atom is 0.261 e. The van der Waals surface area contributed by atoms with Crippen LogP contribution >= 0.6 is 11.3 Å². The molecule has 1 aromatic heterocycles. The van der Waals surface area contributed by atoms with Crippen LogP contribution in [0.4, 0.5) is 0 Å². The first-order valence-corrected chi connectivity index (χ1v) is 12.7. The monoisotopic (exact) mass is 452 g/mol. The molecule has 0 saturated heterocycles. The Balaban J connectivity index is 1.61. The number of rotatable bonds is 15. The lowest BCUT2D eigenvalue weighted by atomic mass is 10.3. The van der Waals surface area contributed by atoms with Crippen LogP contribution < -0.4 is 21.7 Å². The van der Waals surface area contributed by atoms with Crippen molar-refractivity contribution in [1.82, 2.24) is 16.0 Å². The number of nitrogens with one attached hydrogen (secondary N) is 3. The second-order valence-electron chi connectivity index (χ2n) is 6.92. The van der Waals surface area contributed by atoms with Gasteiger partial charge in [-0.3, -0.25) is 4.79 Å². The standard InChI is InChI=1S/C21H32N4O3S2/c22-10-6-13-23-11-4-5-12-24-14-7-15-25-21(26)20-16-19(17-29-20)30(27,28)18-8-2-1-3-9-18/h1-3,8-9,16-17,23-24H,4-7,10-15,22H2,(H,25,26). The van der Waals surface area contributed by atoms with Crippen molar-refractivity contribution in [2.75, 3.05) is 39.3 Å². The van der Waals surface area contributed by atoms with Crippen LogP contribution in [-0.2, 0) is 9.84 Å². The number of hydrogen-bond acceptors (Lipinski definition) is 7. The molecule has 0 radical (unpaired) electrons. The van der Waals surface area contributed by atoms with Crippen LogP contribution in [0.2, 0.25) is 0 Å². The quantitative estimate of drug-likeness (QED) is 0.308. The summed E-state index contributed by atoms with van der Waals surface area (Å²) in [6.45, 7) is 5.06. The second kappa shape index (κ2) is 13.5. The van der Waals surface area contributed by atoms with E-state index in [1.54, 1.807) is 30.3 Å². The van der Waals surface area contributed by atoms with Gasteiger partial charge in [-0.15, -0.1) is 11.3 Å². The minimum Gasteiger partial charge on any atom is -0.351 e. The van der Waals surface area contributed by atoms with Gasteiger partial charge in [-0.1, -0.05) is 18.2 Å². The van der Waals surface area contributed by atoms with Gasteiger partial charge in [0.2, 0.25) is 9.84 Å². The van der Waals surface area contributed by atoms with Crippen LogP contribution in [0.1, 0.15) is 35.4 Å². The van der Waals surface area contributed by atoms with Crippen LogP contribution in [0, 0.1) is 0 Å². The minimum absolute atomic E-state index is 0.156. The molecule has 0 aliphatic rings. The number of sulfone groups is 1. The molecule has 166 valence electrons. The Labute approximate surface area is 183 Å². The minimum atomic E-state index is -3.59. The van der Waals surface area contributed by atoms with Crippen molar-refractivity contribution in [3.8, 4) is 0 Å². The first-order chi connectivity index (χ1) is 14.6. The number of unbranched alkanes of at least 4 members (excludes halogenated alkanes) is 1. The topological polar surface area (TPSA) is 113 Å². The number of amides is 1. The molecule has 1 aromatic carbocycles. The molecule has 0 aliphatic carbocycles. The number of carbonyl (C=O) groups excluding carboxylic acids is 1. The molecule has 30 heavy (non-hydrogen) atoms. The molecule has 0 bridgehead atoms. The Kier molecular flexibility index (Phi) is 11.0. The molecule has 0 saturated carbocycles. The van der Waals surface area contributed by atoms with Crippen molar-refractivity contribution in [2.24, 2.45) is 5.73 Å². The van der Waals surface area contributed by atoms with E-state index in [9.17, 15) is 13.2 Å². The molecular formula is C21H32N4O3S2. The summed E-state index contributed by atoms with van der Waals surface area (Å²) >= 11 is 1.14. The molecule has 1 heterocycles. The van der Waals surface area contributed by atoms with Crippen LogP contribution in [0.5, 0.6) is 0 Å². The van der Waals surface area contributed by atoms with E-state index in [1.807, 2.05) is 0 Å². The average molecular weight is 453 g/mol. The van der Waals surface area contributed by atoms with E-state index in [-0.39, 0.29) is 15.7 Å². The second-order valence-corrected chi connectivity index (χ2v) is 9.78. The molecule has 5 N–H and O–H groups in total. The lowest BCUT2D eigenvalue weighted by Gasteiger charge is -2.07. The summed E-state index contributed by atoms with van der Waals surface area (Å²) in [6, 6.07) is 9.68. The summed E-state index contributed by atoms with van der Waals surface area (Å²) in [5.74, 6) is -0.238. The van der Waals surface area contributed by atoms with Gasteiger partial charge in [-0.25, -0.2) is 8.42 Å². The summed E-state index contributed by atoms with van der Waals surface area (Å²) in [5, 5.41) is 11.1. The van der Waals surface area contributed by atoms with Gasteiger partial charge in [0, 0.05) is 11.9 Å². The molecule has 0 atom stereocenters. The van der Waals surface area contributed by atoms with Crippen molar-refractivity contribution in [2.45, 2.75) is 35.5 Å². The normalized spacial score (nSPS) is 11.5.